The first kappa shape index (κ1) is 13.9. The fourth-order valence-electron chi connectivity index (χ4n) is 1.61. The van der Waals surface area contributed by atoms with Gasteiger partial charge in [0, 0.05) is 12.6 Å². The zero-order valence-electron chi connectivity index (χ0n) is 10.9. The highest BCUT2D eigenvalue weighted by Crippen LogP contribution is 2.24. The van der Waals surface area contributed by atoms with Gasteiger partial charge in [-0.1, -0.05) is 35.8 Å². The van der Waals surface area contributed by atoms with Crippen LogP contribution in [-0.4, -0.2) is 11.7 Å². The third-order valence-electron chi connectivity index (χ3n) is 2.55. The predicted molar refractivity (Wildman–Crippen MR) is 74.3 cm³/mol. The molecule has 5 heteroatoms. The van der Waals surface area contributed by atoms with Crippen LogP contribution in [0, 0.1) is 0 Å². The van der Waals surface area contributed by atoms with Crippen molar-refractivity contribution in [3.05, 3.63) is 46.8 Å². The van der Waals surface area contributed by atoms with Gasteiger partial charge in [0.1, 0.15) is 12.4 Å². The van der Waals surface area contributed by atoms with E-state index in [2.05, 4.69) is 17.4 Å². The fourth-order valence-corrected chi connectivity index (χ4v) is 1.80. The summed E-state index contributed by atoms with van der Waals surface area (Å²) < 4.78 is 10.8. The lowest BCUT2D eigenvalue weighted by Gasteiger charge is -2.04. The van der Waals surface area contributed by atoms with Crippen molar-refractivity contribution in [3.63, 3.8) is 0 Å². The van der Waals surface area contributed by atoms with Crippen LogP contribution >= 0.6 is 11.6 Å². The van der Waals surface area contributed by atoms with E-state index in [-0.39, 0.29) is 0 Å². The summed E-state index contributed by atoms with van der Waals surface area (Å²) in [6.07, 6.45) is 1.10. The Kier molecular flexibility index (Phi) is 5.24. The number of rotatable bonds is 7. The summed E-state index contributed by atoms with van der Waals surface area (Å²) in [5.41, 5.74) is 0.881. The van der Waals surface area contributed by atoms with Crippen molar-refractivity contribution in [1.82, 2.24) is 10.5 Å². The van der Waals surface area contributed by atoms with E-state index in [4.69, 9.17) is 20.9 Å². The van der Waals surface area contributed by atoms with E-state index in [1.165, 1.54) is 0 Å². The summed E-state index contributed by atoms with van der Waals surface area (Å²) in [6.45, 7) is 4.13. The molecule has 0 fully saturated rings. The number of ether oxygens (including phenoxy) is 1. The zero-order chi connectivity index (χ0) is 13.5. The third kappa shape index (κ3) is 4.26. The smallest absolute Gasteiger partial charge is 0.174 e. The van der Waals surface area contributed by atoms with E-state index in [9.17, 15) is 0 Å². The van der Waals surface area contributed by atoms with Crippen LogP contribution in [0.1, 0.15) is 24.8 Å². The van der Waals surface area contributed by atoms with Crippen molar-refractivity contribution < 1.29 is 9.26 Å². The topological polar surface area (TPSA) is 47.3 Å². The van der Waals surface area contributed by atoms with Crippen molar-refractivity contribution in [2.24, 2.45) is 0 Å². The Balaban J connectivity index is 1.85. The van der Waals surface area contributed by atoms with E-state index in [0.717, 1.165) is 18.7 Å². The number of hydrogen-bond acceptors (Lipinski definition) is 4. The molecule has 0 aliphatic rings. The Bertz CT molecular complexity index is 514. The van der Waals surface area contributed by atoms with Gasteiger partial charge < -0.3 is 14.6 Å². The molecule has 0 unspecified atom stereocenters. The second-order valence-electron chi connectivity index (χ2n) is 4.18. The van der Waals surface area contributed by atoms with E-state index in [1.807, 2.05) is 24.3 Å². The molecule has 1 heterocycles. The second kappa shape index (κ2) is 7.16. The van der Waals surface area contributed by atoms with Crippen molar-refractivity contribution in [2.75, 3.05) is 6.54 Å². The summed E-state index contributed by atoms with van der Waals surface area (Å²) in [4.78, 5) is 0. The van der Waals surface area contributed by atoms with Crippen molar-refractivity contribution in [1.29, 1.82) is 0 Å². The second-order valence-corrected chi connectivity index (χ2v) is 4.59. The number of halogens is 1. The minimum absolute atomic E-state index is 0.324. The van der Waals surface area contributed by atoms with E-state index in [1.54, 1.807) is 6.07 Å². The Hall–Kier alpha value is -1.52. The van der Waals surface area contributed by atoms with Crippen molar-refractivity contribution in [2.45, 2.75) is 26.5 Å². The molecule has 0 amide bonds. The Morgan fingerprint density at radius 3 is 3.00 bits per heavy atom. The van der Waals surface area contributed by atoms with Gasteiger partial charge in [-0.25, -0.2) is 0 Å². The zero-order valence-corrected chi connectivity index (χ0v) is 11.6. The SMILES string of the molecule is CCCNCc1cc(COc2ccccc2Cl)on1. The van der Waals surface area contributed by atoms with Gasteiger partial charge >= 0.3 is 0 Å². The highest BCUT2D eigenvalue weighted by molar-refractivity contribution is 6.32. The first-order chi connectivity index (χ1) is 9.29. The minimum Gasteiger partial charge on any atom is -0.484 e. The molecule has 0 aliphatic heterocycles. The molecule has 102 valence electrons. The van der Waals surface area contributed by atoms with Crippen molar-refractivity contribution in [3.8, 4) is 5.75 Å². The first-order valence-corrected chi connectivity index (χ1v) is 6.70. The fraction of sp³-hybridized carbons (Fsp3) is 0.357. The number of nitrogens with zero attached hydrogens (tertiary/aromatic N) is 1. The lowest BCUT2D eigenvalue weighted by molar-refractivity contribution is 0.248. The maximum Gasteiger partial charge on any atom is 0.174 e. The minimum atomic E-state index is 0.324. The van der Waals surface area contributed by atoms with Crippen LogP contribution in [0.2, 0.25) is 5.02 Å². The van der Waals surface area contributed by atoms with Gasteiger partial charge in [-0.3, -0.25) is 0 Å². The standard InChI is InChI=1S/C14H17ClN2O2/c1-2-7-16-9-11-8-12(19-17-11)10-18-14-6-4-3-5-13(14)15/h3-6,8,16H,2,7,9-10H2,1H3. The van der Waals surface area contributed by atoms with Gasteiger partial charge in [0.05, 0.1) is 10.7 Å². The van der Waals surface area contributed by atoms with Gasteiger partial charge in [0.2, 0.25) is 0 Å². The van der Waals surface area contributed by atoms with E-state index >= 15 is 0 Å². The number of benzene rings is 1. The molecular weight excluding hydrogens is 264 g/mol. The molecule has 0 bridgehead atoms. The van der Waals surface area contributed by atoms with Gasteiger partial charge in [0.25, 0.3) is 0 Å². The van der Waals surface area contributed by atoms with Gasteiger partial charge in [0.15, 0.2) is 5.76 Å². The summed E-state index contributed by atoms with van der Waals surface area (Å²) in [7, 11) is 0. The molecule has 0 radical (unpaired) electrons. The normalized spacial score (nSPS) is 10.6. The Morgan fingerprint density at radius 2 is 2.21 bits per heavy atom. The summed E-state index contributed by atoms with van der Waals surface area (Å²) >= 11 is 6.00. The van der Waals surface area contributed by atoms with Gasteiger partial charge in [-0.15, -0.1) is 0 Å². The summed E-state index contributed by atoms with van der Waals surface area (Å²) in [6, 6.07) is 9.24. The molecule has 0 atom stereocenters. The molecule has 1 aromatic heterocycles. The highest BCUT2D eigenvalue weighted by Gasteiger charge is 2.06. The molecule has 2 rings (SSSR count). The average molecular weight is 281 g/mol. The Labute approximate surface area is 117 Å². The van der Waals surface area contributed by atoms with Crippen LogP contribution in [0.15, 0.2) is 34.9 Å². The molecule has 0 saturated carbocycles. The molecule has 0 saturated heterocycles. The van der Waals surface area contributed by atoms with Gasteiger partial charge in [-0.2, -0.15) is 0 Å². The largest absolute Gasteiger partial charge is 0.484 e. The predicted octanol–water partition coefficient (Wildman–Crippen LogP) is 3.41. The average Bonchev–Trinajstić information content (AvgIpc) is 2.86. The van der Waals surface area contributed by atoms with Crippen LogP contribution < -0.4 is 10.1 Å². The van der Waals surface area contributed by atoms with Crippen LogP contribution in [-0.2, 0) is 13.2 Å². The molecule has 0 spiro atoms. The lowest BCUT2D eigenvalue weighted by Crippen LogP contribution is -2.13. The monoisotopic (exact) mass is 280 g/mol. The molecule has 2 aromatic rings. The van der Waals surface area contributed by atoms with Crippen LogP contribution in [0.4, 0.5) is 0 Å². The van der Waals surface area contributed by atoms with Crippen LogP contribution in [0.25, 0.3) is 0 Å². The third-order valence-corrected chi connectivity index (χ3v) is 2.86. The number of para-hydroxylation sites is 1. The van der Waals surface area contributed by atoms with Gasteiger partial charge in [-0.05, 0) is 25.1 Å². The number of nitrogens with one attached hydrogen (secondary N) is 1. The molecule has 4 nitrogen and oxygen atoms in total. The molecule has 1 aromatic carbocycles. The molecule has 0 aliphatic carbocycles. The summed E-state index contributed by atoms with van der Waals surface area (Å²) in [5, 5.41) is 7.83. The Morgan fingerprint density at radius 1 is 1.37 bits per heavy atom. The van der Waals surface area contributed by atoms with E-state index in [0.29, 0.717) is 29.7 Å². The highest BCUT2D eigenvalue weighted by atomic mass is 35.5. The first-order valence-electron chi connectivity index (χ1n) is 6.32. The van der Waals surface area contributed by atoms with Crippen LogP contribution in [0.5, 0.6) is 5.75 Å². The number of aromatic nitrogens is 1. The van der Waals surface area contributed by atoms with E-state index < -0.39 is 0 Å². The maximum absolute atomic E-state index is 6.00. The van der Waals surface area contributed by atoms with Crippen molar-refractivity contribution >= 4 is 11.6 Å². The maximum atomic E-state index is 6.00. The molecule has 1 N–H and O–H groups in total. The lowest BCUT2D eigenvalue weighted by atomic mass is 10.3. The molecular formula is C14H17ClN2O2. The summed E-state index contributed by atoms with van der Waals surface area (Å²) in [5.74, 6) is 1.33. The van der Waals surface area contributed by atoms with Crippen LogP contribution in [0.3, 0.4) is 0 Å². The number of hydrogen-bond donors (Lipinski definition) is 1. The quantitative estimate of drug-likeness (QED) is 0.790. The molecule has 19 heavy (non-hydrogen) atoms.